The Kier molecular flexibility index (Phi) is 6.35. The largest absolute Gasteiger partial charge is 0.505 e. The van der Waals surface area contributed by atoms with Crippen molar-refractivity contribution in [3.63, 3.8) is 0 Å². The number of ether oxygens (including phenoxy) is 2. The molecule has 0 atom stereocenters. The van der Waals surface area contributed by atoms with E-state index in [0.717, 1.165) is 0 Å². The zero-order chi connectivity index (χ0) is 9.40. The van der Waals surface area contributed by atoms with E-state index in [2.05, 4.69) is 4.74 Å². The van der Waals surface area contributed by atoms with E-state index in [0.29, 0.717) is 0 Å². The molecule has 0 unspecified atom stereocenters. The Morgan fingerprint density at radius 1 is 1.25 bits per heavy atom. The van der Waals surface area contributed by atoms with Gasteiger partial charge in [0.05, 0.1) is 19.8 Å². The first-order chi connectivity index (χ1) is 5.70. The van der Waals surface area contributed by atoms with Crippen LogP contribution in [0.4, 0.5) is 4.79 Å². The van der Waals surface area contributed by atoms with E-state index in [1.807, 2.05) is 0 Å². The molecule has 0 rings (SSSR count). The van der Waals surface area contributed by atoms with Crippen molar-refractivity contribution in [3.8, 4) is 0 Å². The first kappa shape index (κ1) is 11.2. The Morgan fingerprint density at radius 2 is 1.83 bits per heavy atom. The molecule has 0 spiro atoms. The molecule has 0 bridgehead atoms. The van der Waals surface area contributed by atoms with Gasteiger partial charge in [-0.05, 0) is 0 Å². The molecule has 0 fully saturated rings. The van der Waals surface area contributed by atoms with Gasteiger partial charge in [0.1, 0.15) is 12.7 Å². The van der Waals surface area contributed by atoms with E-state index in [9.17, 15) is 4.79 Å². The van der Waals surface area contributed by atoms with Gasteiger partial charge in [-0.1, -0.05) is 0 Å². The van der Waals surface area contributed by atoms with Crippen molar-refractivity contribution in [3.05, 3.63) is 0 Å². The summed E-state index contributed by atoms with van der Waals surface area (Å²) in [6.07, 6.45) is -2.04. The second-order valence-corrected chi connectivity index (χ2v) is 1.97. The standard InChI is InChI=1S/C6H12O6/c7-3-5(4-8)11-1-2-12-6(9)10/h5,7-8H,1-4H2,(H,9,10). The van der Waals surface area contributed by atoms with Crippen LogP contribution in [0.2, 0.25) is 0 Å². The average Bonchev–Trinajstić information content (AvgIpc) is 2.04. The molecule has 0 amide bonds. The van der Waals surface area contributed by atoms with E-state index in [1.54, 1.807) is 0 Å². The van der Waals surface area contributed by atoms with Crippen molar-refractivity contribution in [2.45, 2.75) is 6.10 Å². The van der Waals surface area contributed by atoms with Crippen LogP contribution < -0.4 is 0 Å². The Balaban J connectivity index is 3.23. The normalized spacial score (nSPS) is 10.2. The van der Waals surface area contributed by atoms with Gasteiger partial charge in [-0.2, -0.15) is 0 Å². The van der Waals surface area contributed by atoms with Gasteiger partial charge in [0.25, 0.3) is 0 Å². The molecule has 0 aromatic carbocycles. The highest BCUT2D eigenvalue weighted by atomic mass is 16.7. The molecule has 6 nitrogen and oxygen atoms in total. The summed E-state index contributed by atoms with van der Waals surface area (Å²) in [7, 11) is 0. The molecular weight excluding hydrogens is 168 g/mol. The smallest absolute Gasteiger partial charge is 0.450 e. The molecule has 0 radical (unpaired) electrons. The zero-order valence-corrected chi connectivity index (χ0v) is 6.47. The lowest BCUT2D eigenvalue weighted by Gasteiger charge is -2.11. The topological polar surface area (TPSA) is 96.2 Å². The molecule has 12 heavy (non-hydrogen) atoms. The number of hydrogen-bond donors (Lipinski definition) is 3. The molecule has 72 valence electrons. The Labute approximate surface area is 69.3 Å². The molecule has 0 aliphatic rings. The number of aliphatic hydroxyl groups is 2. The predicted molar refractivity (Wildman–Crippen MR) is 37.9 cm³/mol. The van der Waals surface area contributed by atoms with Crippen molar-refractivity contribution in [2.75, 3.05) is 26.4 Å². The van der Waals surface area contributed by atoms with Crippen LogP contribution in [0.25, 0.3) is 0 Å². The molecule has 6 heteroatoms. The van der Waals surface area contributed by atoms with Gasteiger partial charge in [-0.15, -0.1) is 0 Å². The van der Waals surface area contributed by atoms with Gasteiger partial charge in [0.15, 0.2) is 0 Å². The highest BCUT2D eigenvalue weighted by Crippen LogP contribution is 1.89. The number of rotatable bonds is 6. The lowest BCUT2D eigenvalue weighted by Crippen LogP contribution is -2.24. The Hall–Kier alpha value is -0.850. The summed E-state index contributed by atoms with van der Waals surface area (Å²) in [5.74, 6) is 0. The second kappa shape index (κ2) is 6.84. The molecular formula is C6H12O6. The lowest BCUT2D eigenvalue weighted by atomic mass is 10.4. The summed E-state index contributed by atoms with van der Waals surface area (Å²) in [5, 5.41) is 25.0. The number of carboxylic acid groups (broad SMARTS) is 1. The van der Waals surface area contributed by atoms with Crippen molar-refractivity contribution >= 4 is 6.16 Å². The summed E-state index contributed by atoms with van der Waals surface area (Å²) in [5.41, 5.74) is 0. The molecule has 0 aromatic heterocycles. The lowest BCUT2D eigenvalue weighted by molar-refractivity contribution is -0.0369. The van der Waals surface area contributed by atoms with Crippen molar-refractivity contribution in [2.24, 2.45) is 0 Å². The monoisotopic (exact) mass is 180 g/mol. The van der Waals surface area contributed by atoms with Gasteiger partial charge in [0.2, 0.25) is 0 Å². The molecule has 0 aromatic rings. The fraction of sp³-hybridized carbons (Fsp3) is 0.833. The summed E-state index contributed by atoms with van der Waals surface area (Å²) < 4.78 is 8.91. The Morgan fingerprint density at radius 3 is 2.25 bits per heavy atom. The minimum Gasteiger partial charge on any atom is -0.450 e. The van der Waals surface area contributed by atoms with E-state index in [4.69, 9.17) is 20.1 Å². The van der Waals surface area contributed by atoms with E-state index in [-0.39, 0.29) is 26.4 Å². The average molecular weight is 180 g/mol. The maximum Gasteiger partial charge on any atom is 0.505 e. The van der Waals surface area contributed by atoms with Gasteiger partial charge < -0.3 is 24.8 Å². The number of aliphatic hydroxyl groups excluding tert-OH is 2. The zero-order valence-electron chi connectivity index (χ0n) is 6.47. The number of hydrogen-bond acceptors (Lipinski definition) is 5. The third kappa shape index (κ3) is 5.90. The Bertz CT molecular complexity index is 121. The van der Waals surface area contributed by atoms with Crippen LogP contribution in [0.5, 0.6) is 0 Å². The van der Waals surface area contributed by atoms with Crippen molar-refractivity contribution in [1.29, 1.82) is 0 Å². The SMILES string of the molecule is O=C(O)OCCOC(CO)CO. The first-order valence-electron chi connectivity index (χ1n) is 3.39. The molecule has 0 saturated heterocycles. The maximum atomic E-state index is 9.81. The fourth-order valence-electron chi connectivity index (χ4n) is 0.507. The van der Waals surface area contributed by atoms with Gasteiger partial charge >= 0.3 is 6.16 Å². The van der Waals surface area contributed by atoms with Crippen molar-refractivity contribution in [1.82, 2.24) is 0 Å². The van der Waals surface area contributed by atoms with Crippen LogP contribution in [-0.4, -0.2) is 54.0 Å². The van der Waals surface area contributed by atoms with Gasteiger partial charge in [-0.25, -0.2) is 4.79 Å². The maximum absolute atomic E-state index is 9.81. The van der Waals surface area contributed by atoms with Crippen LogP contribution >= 0.6 is 0 Å². The summed E-state index contributed by atoms with van der Waals surface area (Å²) in [6.45, 7) is -0.683. The minimum absolute atomic E-state index is 0.0259. The van der Waals surface area contributed by atoms with Gasteiger partial charge in [-0.3, -0.25) is 0 Å². The molecule has 0 heterocycles. The minimum atomic E-state index is -1.37. The van der Waals surface area contributed by atoms with Crippen LogP contribution in [0.3, 0.4) is 0 Å². The summed E-state index contributed by atoms with van der Waals surface area (Å²) in [4.78, 5) is 9.81. The third-order valence-electron chi connectivity index (χ3n) is 1.07. The summed E-state index contributed by atoms with van der Waals surface area (Å²) >= 11 is 0. The quantitative estimate of drug-likeness (QED) is 0.360. The fourth-order valence-corrected chi connectivity index (χ4v) is 0.507. The molecule has 0 saturated carbocycles. The highest BCUT2D eigenvalue weighted by Gasteiger charge is 2.05. The highest BCUT2D eigenvalue weighted by molar-refractivity contribution is 5.56. The van der Waals surface area contributed by atoms with E-state index in [1.165, 1.54) is 0 Å². The molecule has 3 N–H and O–H groups in total. The summed E-state index contributed by atoms with van der Waals surface area (Å²) in [6, 6.07) is 0. The third-order valence-corrected chi connectivity index (χ3v) is 1.07. The second-order valence-electron chi connectivity index (χ2n) is 1.97. The van der Waals surface area contributed by atoms with Crippen LogP contribution in [0, 0.1) is 0 Å². The number of carbonyl (C=O) groups is 1. The molecule has 0 aliphatic carbocycles. The van der Waals surface area contributed by atoms with Crippen LogP contribution in [0.15, 0.2) is 0 Å². The first-order valence-corrected chi connectivity index (χ1v) is 3.39. The molecule has 0 aliphatic heterocycles. The van der Waals surface area contributed by atoms with Crippen molar-refractivity contribution < 1.29 is 29.6 Å². The van der Waals surface area contributed by atoms with Crippen LogP contribution in [0.1, 0.15) is 0 Å². The van der Waals surface area contributed by atoms with E-state index < -0.39 is 12.3 Å². The van der Waals surface area contributed by atoms with E-state index >= 15 is 0 Å². The van der Waals surface area contributed by atoms with Gasteiger partial charge in [0, 0.05) is 0 Å². The van der Waals surface area contributed by atoms with Crippen LogP contribution in [-0.2, 0) is 9.47 Å². The predicted octanol–water partition coefficient (Wildman–Crippen LogP) is -0.949.